The number of benzene rings is 1. The minimum atomic E-state index is -0.559. The van der Waals surface area contributed by atoms with Gasteiger partial charge in [-0.15, -0.1) is 0 Å². The van der Waals surface area contributed by atoms with Crippen molar-refractivity contribution in [3.63, 3.8) is 0 Å². The summed E-state index contributed by atoms with van der Waals surface area (Å²) in [4.78, 5) is 18.0. The van der Waals surface area contributed by atoms with Gasteiger partial charge in [-0.1, -0.05) is 25.5 Å². The van der Waals surface area contributed by atoms with Crippen molar-refractivity contribution in [3.05, 3.63) is 46.4 Å². The second kappa shape index (κ2) is 5.42. The van der Waals surface area contributed by atoms with E-state index in [1.807, 2.05) is 6.92 Å². The number of nitrogens with zero attached hydrogens (tertiary/aromatic N) is 2. The average molecular weight is 274 g/mol. The Morgan fingerprint density at radius 2 is 2.15 bits per heavy atom. The van der Waals surface area contributed by atoms with Crippen LogP contribution in [0.5, 0.6) is 0 Å². The Labute approximate surface area is 117 Å². The fourth-order valence-corrected chi connectivity index (χ4v) is 2.25. The minimum Gasteiger partial charge on any atom is -0.340 e. The molecular formula is C14H18N4O2. The fraction of sp³-hybridized carbons (Fsp3) is 0.357. The predicted molar refractivity (Wildman–Crippen MR) is 77.1 cm³/mol. The first-order chi connectivity index (χ1) is 9.45. The monoisotopic (exact) mass is 274 g/mol. The summed E-state index contributed by atoms with van der Waals surface area (Å²) in [5.41, 5.74) is 6.83. The molecule has 0 saturated heterocycles. The molecule has 20 heavy (non-hydrogen) atoms. The van der Waals surface area contributed by atoms with E-state index in [2.05, 4.69) is 16.9 Å². The third-order valence-corrected chi connectivity index (χ3v) is 3.28. The van der Waals surface area contributed by atoms with Crippen LogP contribution in [0, 0.1) is 10.1 Å². The van der Waals surface area contributed by atoms with Crippen molar-refractivity contribution in [2.24, 2.45) is 5.73 Å². The van der Waals surface area contributed by atoms with Crippen molar-refractivity contribution >= 4 is 5.69 Å². The normalized spacial score (nSPS) is 13.9. The first-order valence-corrected chi connectivity index (χ1v) is 6.54. The maximum absolute atomic E-state index is 11.0. The van der Waals surface area contributed by atoms with E-state index in [0.29, 0.717) is 17.1 Å². The van der Waals surface area contributed by atoms with Gasteiger partial charge in [-0.05, 0) is 19.4 Å². The van der Waals surface area contributed by atoms with E-state index in [9.17, 15) is 10.1 Å². The summed E-state index contributed by atoms with van der Waals surface area (Å²) in [6, 6.07) is 6.58. The topological polar surface area (TPSA) is 97.8 Å². The van der Waals surface area contributed by atoms with Gasteiger partial charge in [-0.25, -0.2) is 4.98 Å². The van der Waals surface area contributed by atoms with Gasteiger partial charge < -0.3 is 10.7 Å². The highest BCUT2D eigenvalue weighted by Gasteiger charge is 2.25. The van der Waals surface area contributed by atoms with Crippen molar-refractivity contribution in [1.29, 1.82) is 0 Å². The molecule has 3 N–H and O–H groups in total. The lowest BCUT2D eigenvalue weighted by Gasteiger charge is -2.21. The molecule has 0 saturated carbocycles. The van der Waals surface area contributed by atoms with E-state index in [0.717, 1.165) is 12.8 Å². The number of aromatic nitrogens is 2. The largest absolute Gasteiger partial charge is 0.340 e. The highest BCUT2D eigenvalue weighted by atomic mass is 16.6. The SMILES string of the molecule is CCCC(C)(N)c1ncc(-c2ccccc2[N+](=O)[O-])[nH]1. The number of para-hydroxylation sites is 1. The second-order valence-electron chi connectivity index (χ2n) is 5.09. The first kappa shape index (κ1) is 14.2. The van der Waals surface area contributed by atoms with Crippen LogP contribution in [0.2, 0.25) is 0 Å². The van der Waals surface area contributed by atoms with Crippen molar-refractivity contribution in [2.75, 3.05) is 0 Å². The zero-order chi connectivity index (χ0) is 14.8. The lowest BCUT2D eigenvalue weighted by Crippen LogP contribution is -2.34. The summed E-state index contributed by atoms with van der Waals surface area (Å²) in [7, 11) is 0. The molecule has 1 aromatic heterocycles. The van der Waals surface area contributed by atoms with Gasteiger partial charge in [-0.2, -0.15) is 0 Å². The van der Waals surface area contributed by atoms with Gasteiger partial charge in [0.15, 0.2) is 0 Å². The molecule has 0 aliphatic rings. The molecule has 0 fully saturated rings. The number of nitro groups is 1. The van der Waals surface area contributed by atoms with Crippen molar-refractivity contribution in [2.45, 2.75) is 32.2 Å². The molecule has 0 spiro atoms. The Bertz CT molecular complexity index is 619. The highest BCUT2D eigenvalue weighted by molar-refractivity contribution is 5.70. The summed E-state index contributed by atoms with van der Waals surface area (Å²) >= 11 is 0. The number of nitrogens with two attached hydrogens (primary N) is 1. The van der Waals surface area contributed by atoms with Crippen LogP contribution in [0.3, 0.4) is 0 Å². The molecule has 0 aliphatic heterocycles. The predicted octanol–water partition coefficient (Wildman–Crippen LogP) is 2.96. The number of hydrogen-bond donors (Lipinski definition) is 2. The van der Waals surface area contributed by atoms with Crippen molar-refractivity contribution in [3.8, 4) is 11.3 Å². The van der Waals surface area contributed by atoms with Crippen LogP contribution in [0.4, 0.5) is 5.69 Å². The third kappa shape index (κ3) is 2.70. The van der Waals surface area contributed by atoms with Gasteiger partial charge in [0, 0.05) is 6.07 Å². The number of imidazole rings is 1. The highest BCUT2D eigenvalue weighted by Crippen LogP contribution is 2.30. The van der Waals surface area contributed by atoms with Crippen LogP contribution >= 0.6 is 0 Å². The van der Waals surface area contributed by atoms with Gasteiger partial charge >= 0.3 is 0 Å². The number of aromatic amines is 1. The molecule has 1 aromatic carbocycles. The van der Waals surface area contributed by atoms with Gasteiger partial charge in [0.2, 0.25) is 0 Å². The van der Waals surface area contributed by atoms with E-state index >= 15 is 0 Å². The number of hydrogen-bond acceptors (Lipinski definition) is 4. The summed E-state index contributed by atoms with van der Waals surface area (Å²) in [5, 5.41) is 11.0. The maximum Gasteiger partial charge on any atom is 0.278 e. The maximum atomic E-state index is 11.0. The molecule has 6 heteroatoms. The minimum absolute atomic E-state index is 0.0527. The van der Waals surface area contributed by atoms with Crippen LogP contribution in [-0.4, -0.2) is 14.9 Å². The Balaban J connectivity index is 2.42. The Morgan fingerprint density at radius 3 is 2.80 bits per heavy atom. The Morgan fingerprint density at radius 1 is 1.45 bits per heavy atom. The Hall–Kier alpha value is -2.21. The molecule has 0 bridgehead atoms. The number of nitro benzene ring substituents is 1. The van der Waals surface area contributed by atoms with Crippen LogP contribution in [0.25, 0.3) is 11.3 Å². The summed E-state index contributed by atoms with van der Waals surface area (Å²) in [6.07, 6.45) is 3.32. The Kier molecular flexibility index (Phi) is 3.85. The standard InChI is InChI=1S/C14H18N4O2/c1-3-8-14(2,15)13-16-9-11(17-13)10-6-4-5-7-12(10)18(19)20/h4-7,9H,3,8,15H2,1-2H3,(H,16,17). The van der Waals surface area contributed by atoms with Crippen LogP contribution < -0.4 is 5.73 Å². The molecule has 1 atom stereocenters. The molecule has 0 aliphatic carbocycles. The lowest BCUT2D eigenvalue weighted by molar-refractivity contribution is -0.384. The van der Waals surface area contributed by atoms with Crippen molar-refractivity contribution < 1.29 is 4.92 Å². The molecule has 2 aromatic rings. The summed E-state index contributed by atoms with van der Waals surface area (Å²) in [5.74, 6) is 0.646. The first-order valence-electron chi connectivity index (χ1n) is 6.54. The lowest BCUT2D eigenvalue weighted by atomic mass is 9.97. The zero-order valence-electron chi connectivity index (χ0n) is 11.6. The summed E-state index contributed by atoms with van der Waals surface area (Å²) < 4.78 is 0. The van der Waals surface area contributed by atoms with Crippen molar-refractivity contribution in [1.82, 2.24) is 9.97 Å². The number of H-pyrrole nitrogens is 1. The van der Waals surface area contributed by atoms with Crippen LogP contribution in [0.15, 0.2) is 30.5 Å². The van der Waals surface area contributed by atoms with Crippen LogP contribution in [-0.2, 0) is 5.54 Å². The molecule has 6 nitrogen and oxygen atoms in total. The average Bonchev–Trinajstić information content (AvgIpc) is 2.89. The molecule has 0 radical (unpaired) electrons. The second-order valence-corrected chi connectivity index (χ2v) is 5.09. The zero-order valence-corrected chi connectivity index (χ0v) is 11.6. The third-order valence-electron chi connectivity index (χ3n) is 3.28. The van der Waals surface area contributed by atoms with E-state index in [4.69, 9.17) is 5.73 Å². The molecular weight excluding hydrogens is 256 g/mol. The fourth-order valence-electron chi connectivity index (χ4n) is 2.25. The molecule has 2 rings (SSSR count). The summed E-state index contributed by atoms with van der Waals surface area (Å²) in [6.45, 7) is 3.95. The van der Waals surface area contributed by atoms with Gasteiger partial charge in [0.1, 0.15) is 5.82 Å². The van der Waals surface area contributed by atoms with Gasteiger partial charge in [-0.3, -0.25) is 10.1 Å². The quantitative estimate of drug-likeness (QED) is 0.646. The van der Waals surface area contributed by atoms with E-state index in [1.165, 1.54) is 6.07 Å². The molecule has 1 unspecified atom stereocenters. The van der Waals surface area contributed by atoms with E-state index < -0.39 is 10.5 Å². The molecule has 1 heterocycles. The van der Waals surface area contributed by atoms with E-state index in [1.54, 1.807) is 24.4 Å². The van der Waals surface area contributed by atoms with E-state index in [-0.39, 0.29) is 5.69 Å². The van der Waals surface area contributed by atoms with Crippen LogP contribution in [0.1, 0.15) is 32.5 Å². The van der Waals surface area contributed by atoms with Gasteiger partial charge in [0.25, 0.3) is 5.69 Å². The number of rotatable bonds is 5. The molecule has 106 valence electrons. The number of nitrogens with one attached hydrogen (secondary N) is 1. The smallest absolute Gasteiger partial charge is 0.278 e. The molecule has 0 amide bonds. The van der Waals surface area contributed by atoms with Gasteiger partial charge in [0.05, 0.1) is 27.9 Å².